The van der Waals surface area contributed by atoms with E-state index in [4.69, 9.17) is 16.7 Å². The van der Waals surface area contributed by atoms with E-state index in [1.165, 1.54) is 19.3 Å². The maximum absolute atomic E-state index is 9.06. The third-order valence-electron chi connectivity index (χ3n) is 2.92. The van der Waals surface area contributed by atoms with E-state index >= 15 is 0 Å². The van der Waals surface area contributed by atoms with Gasteiger partial charge in [0.25, 0.3) is 0 Å². The molecule has 0 aromatic carbocycles. The fraction of sp³-hybridized carbons (Fsp3) is 0.545. The summed E-state index contributed by atoms with van der Waals surface area (Å²) in [5.74, 6) is 0. The molecule has 1 saturated carbocycles. The van der Waals surface area contributed by atoms with Gasteiger partial charge in [0.1, 0.15) is 0 Å². The molecule has 0 bridgehead atoms. The smallest absolute Gasteiger partial charge is 0.0822 e. The van der Waals surface area contributed by atoms with Crippen LogP contribution in [0.5, 0.6) is 0 Å². The van der Waals surface area contributed by atoms with Crippen molar-refractivity contribution in [1.82, 2.24) is 4.98 Å². The van der Waals surface area contributed by atoms with Gasteiger partial charge in [-0.15, -0.1) is 0 Å². The van der Waals surface area contributed by atoms with Gasteiger partial charge in [-0.2, -0.15) is 0 Å². The number of aliphatic hydroxyl groups is 1. The quantitative estimate of drug-likeness (QED) is 0.854. The van der Waals surface area contributed by atoms with Gasteiger partial charge in [0.2, 0.25) is 0 Å². The van der Waals surface area contributed by atoms with E-state index in [-0.39, 0.29) is 6.61 Å². The van der Waals surface area contributed by atoms with Gasteiger partial charge in [-0.05, 0) is 25.3 Å². The lowest BCUT2D eigenvalue weighted by atomic mass is 9.91. The van der Waals surface area contributed by atoms with Gasteiger partial charge in [0.05, 0.1) is 17.3 Å². The first-order chi connectivity index (χ1) is 7.33. The summed E-state index contributed by atoms with van der Waals surface area (Å²) in [6.45, 7) is 0.809. The summed E-state index contributed by atoms with van der Waals surface area (Å²) in [5, 5.41) is 9.72. The summed E-state index contributed by atoms with van der Waals surface area (Å²) in [6.07, 6.45) is 7.05. The fourth-order valence-corrected chi connectivity index (χ4v) is 2.13. The zero-order chi connectivity index (χ0) is 10.7. The minimum atomic E-state index is 0.162. The van der Waals surface area contributed by atoms with E-state index in [1.54, 1.807) is 12.4 Å². The Labute approximate surface area is 94.7 Å². The Hall–Kier alpha value is -0.800. The highest BCUT2D eigenvalue weighted by molar-refractivity contribution is 6.33. The van der Waals surface area contributed by atoms with Gasteiger partial charge >= 0.3 is 0 Å². The Morgan fingerprint density at radius 1 is 1.53 bits per heavy atom. The molecule has 4 heteroatoms. The Morgan fingerprint density at radius 2 is 2.33 bits per heavy atom. The maximum Gasteiger partial charge on any atom is 0.0822 e. The number of rotatable bonds is 4. The fourth-order valence-electron chi connectivity index (χ4n) is 1.91. The van der Waals surface area contributed by atoms with Crippen LogP contribution in [0.1, 0.15) is 19.3 Å². The molecule has 2 rings (SSSR count). The molecule has 1 N–H and O–H groups in total. The molecule has 1 aliphatic rings. The normalized spacial score (nSPS) is 16.1. The SMILES string of the molecule is OCCN(c1ccncc1Cl)C1CCC1. The minimum absolute atomic E-state index is 0.162. The molecule has 1 aromatic heterocycles. The molecule has 0 aliphatic heterocycles. The molecular formula is C11H15ClN2O. The first-order valence-corrected chi connectivity index (χ1v) is 5.67. The summed E-state index contributed by atoms with van der Waals surface area (Å²) in [4.78, 5) is 6.16. The predicted molar refractivity (Wildman–Crippen MR) is 61.3 cm³/mol. The molecule has 1 heterocycles. The summed E-state index contributed by atoms with van der Waals surface area (Å²) < 4.78 is 0. The van der Waals surface area contributed by atoms with Crippen molar-refractivity contribution in [2.45, 2.75) is 25.3 Å². The molecule has 0 saturated heterocycles. The molecule has 0 atom stereocenters. The number of hydrogen-bond acceptors (Lipinski definition) is 3. The molecule has 0 radical (unpaired) electrons. The second-order valence-corrected chi connectivity index (χ2v) is 4.24. The molecular weight excluding hydrogens is 212 g/mol. The van der Waals surface area contributed by atoms with Crippen LogP contribution in [-0.2, 0) is 0 Å². The monoisotopic (exact) mass is 226 g/mol. The van der Waals surface area contributed by atoms with Crippen molar-refractivity contribution in [3.8, 4) is 0 Å². The van der Waals surface area contributed by atoms with E-state index in [0.717, 1.165) is 5.69 Å². The van der Waals surface area contributed by atoms with Crippen LogP contribution in [0.4, 0.5) is 5.69 Å². The number of halogens is 1. The van der Waals surface area contributed by atoms with Crippen LogP contribution in [0.15, 0.2) is 18.5 Å². The highest BCUT2D eigenvalue weighted by Gasteiger charge is 2.25. The van der Waals surface area contributed by atoms with Crippen molar-refractivity contribution in [2.75, 3.05) is 18.1 Å². The van der Waals surface area contributed by atoms with Crippen LogP contribution in [0.2, 0.25) is 5.02 Å². The van der Waals surface area contributed by atoms with Crippen molar-refractivity contribution in [2.24, 2.45) is 0 Å². The van der Waals surface area contributed by atoms with Crippen LogP contribution < -0.4 is 4.90 Å². The van der Waals surface area contributed by atoms with Crippen molar-refractivity contribution in [1.29, 1.82) is 0 Å². The summed E-state index contributed by atoms with van der Waals surface area (Å²) in [7, 11) is 0. The second kappa shape index (κ2) is 4.81. The van der Waals surface area contributed by atoms with Gasteiger partial charge in [0.15, 0.2) is 0 Å². The molecule has 0 unspecified atom stereocenters. The topological polar surface area (TPSA) is 36.4 Å². The molecule has 82 valence electrons. The lowest BCUT2D eigenvalue weighted by Gasteiger charge is -2.39. The van der Waals surface area contributed by atoms with Crippen LogP contribution in [0.3, 0.4) is 0 Å². The second-order valence-electron chi connectivity index (χ2n) is 3.83. The Balaban J connectivity index is 2.19. The summed E-state index contributed by atoms with van der Waals surface area (Å²) in [6, 6.07) is 2.45. The van der Waals surface area contributed by atoms with E-state index in [2.05, 4.69) is 9.88 Å². The zero-order valence-corrected chi connectivity index (χ0v) is 9.32. The lowest BCUT2D eigenvalue weighted by molar-refractivity contribution is 0.283. The van der Waals surface area contributed by atoms with E-state index in [1.807, 2.05) is 6.07 Å². The average molecular weight is 227 g/mol. The average Bonchev–Trinajstić information content (AvgIpc) is 2.15. The molecule has 1 fully saturated rings. The third kappa shape index (κ3) is 2.24. The van der Waals surface area contributed by atoms with Crippen molar-refractivity contribution >= 4 is 17.3 Å². The molecule has 3 nitrogen and oxygen atoms in total. The van der Waals surface area contributed by atoms with E-state index < -0.39 is 0 Å². The van der Waals surface area contributed by atoms with Crippen LogP contribution in [-0.4, -0.2) is 29.3 Å². The number of aliphatic hydroxyl groups excluding tert-OH is 1. The third-order valence-corrected chi connectivity index (χ3v) is 3.21. The number of pyridine rings is 1. The summed E-state index contributed by atoms with van der Waals surface area (Å²) >= 11 is 6.09. The molecule has 1 aromatic rings. The van der Waals surface area contributed by atoms with Crippen molar-refractivity contribution in [3.05, 3.63) is 23.5 Å². The van der Waals surface area contributed by atoms with Gasteiger partial charge in [-0.1, -0.05) is 11.6 Å². The number of nitrogens with zero attached hydrogens (tertiary/aromatic N) is 2. The van der Waals surface area contributed by atoms with E-state index in [0.29, 0.717) is 17.6 Å². The molecule has 1 aliphatic carbocycles. The van der Waals surface area contributed by atoms with Gasteiger partial charge in [-0.25, -0.2) is 0 Å². The standard InChI is InChI=1S/C11H15ClN2O/c12-10-8-13-5-4-11(10)14(6-7-15)9-2-1-3-9/h4-5,8-9,15H,1-3,6-7H2. The van der Waals surface area contributed by atoms with Crippen LogP contribution in [0.25, 0.3) is 0 Å². The molecule has 0 spiro atoms. The number of aromatic nitrogens is 1. The number of anilines is 1. The zero-order valence-electron chi connectivity index (χ0n) is 8.56. The first kappa shape index (κ1) is 10.7. The Kier molecular flexibility index (Phi) is 3.44. The van der Waals surface area contributed by atoms with Crippen molar-refractivity contribution in [3.63, 3.8) is 0 Å². The first-order valence-electron chi connectivity index (χ1n) is 5.30. The predicted octanol–water partition coefficient (Wildman–Crippen LogP) is 2.09. The molecule has 15 heavy (non-hydrogen) atoms. The largest absolute Gasteiger partial charge is 0.395 e. The van der Waals surface area contributed by atoms with Gasteiger partial charge in [0, 0.05) is 25.0 Å². The van der Waals surface area contributed by atoms with Gasteiger partial charge < -0.3 is 10.0 Å². The van der Waals surface area contributed by atoms with Crippen molar-refractivity contribution < 1.29 is 5.11 Å². The Morgan fingerprint density at radius 3 is 2.87 bits per heavy atom. The van der Waals surface area contributed by atoms with E-state index in [9.17, 15) is 0 Å². The van der Waals surface area contributed by atoms with Crippen LogP contribution in [0, 0.1) is 0 Å². The highest BCUT2D eigenvalue weighted by atomic mass is 35.5. The Bertz CT molecular complexity index is 328. The minimum Gasteiger partial charge on any atom is -0.395 e. The van der Waals surface area contributed by atoms with Crippen LogP contribution >= 0.6 is 11.6 Å². The maximum atomic E-state index is 9.06. The summed E-state index contributed by atoms with van der Waals surface area (Å²) in [5.41, 5.74) is 0.991. The highest BCUT2D eigenvalue weighted by Crippen LogP contribution is 2.32. The van der Waals surface area contributed by atoms with Gasteiger partial charge in [-0.3, -0.25) is 4.98 Å². The molecule has 0 amide bonds. The number of hydrogen-bond donors (Lipinski definition) is 1. The lowest BCUT2D eigenvalue weighted by Crippen LogP contribution is -2.42.